The molecule has 3 aliphatic heterocycles. The van der Waals surface area contributed by atoms with Crippen LogP contribution in [0.3, 0.4) is 0 Å². The molecule has 11 nitrogen and oxygen atoms in total. The molecule has 3 saturated heterocycles. The zero-order valence-corrected chi connectivity index (χ0v) is 16.9. The molecule has 11 heteroatoms. The number of nitrogens with zero attached hydrogens (tertiary/aromatic N) is 6. The minimum Gasteiger partial charge on any atom is -0.391 e. The maximum Gasteiger partial charge on any atom is 0.232 e. The molecule has 0 spiro atoms. The number of piperidine rings is 3. The van der Waals surface area contributed by atoms with Crippen molar-refractivity contribution in [3.05, 3.63) is 0 Å². The van der Waals surface area contributed by atoms with Gasteiger partial charge in [-0.25, -0.2) is 0 Å². The van der Waals surface area contributed by atoms with Crippen LogP contribution >= 0.6 is 0 Å². The van der Waals surface area contributed by atoms with Crippen LogP contribution in [0, 0.1) is 0 Å². The van der Waals surface area contributed by atoms with Crippen molar-refractivity contribution < 1.29 is 5.11 Å². The van der Waals surface area contributed by atoms with E-state index in [0.717, 1.165) is 32.2 Å². The van der Waals surface area contributed by atoms with Crippen LogP contribution in [0.1, 0.15) is 25.7 Å². The smallest absolute Gasteiger partial charge is 0.232 e. The van der Waals surface area contributed by atoms with Crippen LogP contribution in [0.15, 0.2) is 0 Å². The van der Waals surface area contributed by atoms with Gasteiger partial charge in [-0.2, -0.15) is 15.0 Å². The van der Waals surface area contributed by atoms with E-state index in [9.17, 15) is 5.11 Å². The number of aliphatic hydroxyl groups excluding tert-OH is 1. The summed E-state index contributed by atoms with van der Waals surface area (Å²) in [6.45, 7) is 3.92. The second-order valence-electron chi connectivity index (χ2n) is 8.80. The van der Waals surface area contributed by atoms with Crippen LogP contribution in [0.4, 0.5) is 17.8 Å². The number of rotatable bonds is 3. The number of anilines is 3. The lowest BCUT2D eigenvalue weighted by molar-refractivity contribution is 0.153. The van der Waals surface area contributed by atoms with Crippen molar-refractivity contribution in [1.82, 2.24) is 15.0 Å². The summed E-state index contributed by atoms with van der Waals surface area (Å²) in [5.41, 5.74) is 24.8. The summed E-state index contributed by atoms with van der Waals surface area (Å²) in [5.74, 6) is 1.72. The monoisotopic (exact) mass is 406 g/mol. The Bertz CT molecular complexity index is 641. The summed E-state index contributed by atoms with van der Waals surface area (Å²) in [4.78, 5) is 20.3. The van der Waals surface area contributed by atoms with Crippen molar-refractivity contribution >= 4 is 17.8 Å². The van der Waals surface area contributed by atoms with Crippen molar-refractivity contribution in [2.24, 2.45) is 22.9 Å². The van der Waals surface area contributed by atoms with E-state index in [0.29, 0.717) is 50.6 Å². The number of nitrogens with two attached hydrogens (primary N) is 4. The van der Waals surface area contributed by atoms with Crippen LogP contribution in [0.25, 0.3) is 0 Å². The van der Waals surface area contributed by atoms with E-state index in [4.69, 9.17) is 37.9 Å². The quantitative estimate of drug-likeness (QED) is 0.361. The maximum atomic E-state index is 10.1. The van der Waals surface area contributed by atoms with Crippen LogP contribution < -0.4 is 37.6 Å². The molecule has 5 atom stereocenters. The lowest BCUT2D eigenvalue weighted by Crippen LogP contribution is -2.54. The van der Waals surface area contributed by atoms with E-state index in [2.05, 4.69) is 0 Å². The topological polar surface area (TPSA) is 173 Å². The molecule has 162 valence electrons. The highest BCUT2D eigenvalue weighted by Crippen LogP contribution is 2.25. The van der Waals surface area contributed by atoms with Crippen LogP contribution in [0.2, 0.25) is 0 Å². The van der Waals surface area contributed by atoms with E-state index in [1.165, 1.54) is 0 Å². The van der Waals surface area contributed by atoms with Gasteiger partial charge in [0.25, 0.3) is 0 Å². The molecule has 0 amide bonds. The third-order valence-electron chi connectivity index (χ3n) is 5.88. The molecular weight excluding hydrogens is 372 g/mol. The van der Waals surface area contributed by atoms with Gasteiger partial charge in [-0.05, 0) is 25.7 Å². The standard InChI is InChI=1S/C18H34N10O/c19-11-4-12(20)7-27(6-11)17-23-16(26-3-1-2-15(29)10-26)24-18(25-17)28-8-13(21)5-14(22)9-28/h11-15,29H,1-10,19-22H2/t11-,12+,13-,14+,15?. The number of hydrogen-bond donors (Lipinski definition) is 5. The highest BCUT2D eigenvalue weighted by Gasteiger charge is 2.30. The number of β-amino-alcohol motifs (C(OH)–C–C–N with tert-alkyl or cyclic N) is 1. The van der Waals surface area contributed by atoms with Crippen molar-refractivity contribution in [2.45, 2.75) is 56.0 Å². The SMILES string of the molecule is N[C@@H]1C[C@H](N)CN(c2nc(N3CCCC(O)C3)nc(N3C[C@H](N)C[C@H](N)C3)n2)C1. The molecule has 0 aromatic carbocycles. The van der Waals surface area contributed by atoms with Crippen LogP contribution in [-0.4, -0.2) is 89.6 Å². The molecule has 1 aromatic heterocycles. The second-order valence-corrected chi connectivity index (χ2v) is 8.80. The first-order valence-corrected chi connectivity index (χ1v) is 10.6. The number of aromatic nitrogens is 3. The van der Waals surface area contributed by atoms with Gasteiger partial charge in [0.2, 0.25) is 17.8 Å². The van der Waals surface area contributed by atoms with E-state index < -0.39 is 0 Å². The van der Waals surface area contributed by atoms with Gasteiger partial charge in [-0.1, -0.05) is 0 Å². The maximum absolute atomic E-state index is 10.1. The number of aliphatic hydroxyl groups is 1. The first kappa shape index (κ1) is 20.5. The number of hydrogen-bond acceptors (Lipinski definition) is 11. The van der Waals surface area contributed by atoms with Gasteiger partial charge >= 0.3 is 0 Å². The van der Waals surface area contributed by atoms with Gasteiger partial charge in [-0.15, -0.1) is 0 Å². The van der Waals surface area contributed by atoms with Gasteiger partial charge in [-0.3, -0.25) is 0 Å². The van der Waals surface area contributed by atoms with Gasteiger partial charge in [0.05, 0.1) is 6.10 Å². The molecule has 0 aliphatic carbocycles. The van der Waals surface area contributed by atoms with Crippen molar-refractivity contribution in [3.63, 3.8) is 0 Å². The predicted octanol–water partition coefficient (Wildman–Crippen LogP) is -2.44. The van der Waals surface area contributed by atoms with E-state index in [1.807, 2.05) is 14.7 Å². The summed E-state index contributed by atoms with van der Waals surface area (Å²) in [6.07, 6.45) is 2.90. The Kier molecular flexibility index (Phi) is 6.02. The summed E-state index contributed by atoms with van der Waals surface area (Å²) < 4.78 is 0. The molecule has 4 heterocycles. The normalized spacial score (nSPS) is 33.8. The fourth-order valence-electron chi connectivity index (χ4n) is 4.59. The highest BCUT2D eigenvalue weighted by atomic mass is 16.3. The molecule has 3 aliphatic rings. The summed E-state index contributed by atoms with van der Waals surface area (Å²) >= 11 is 0. The third-order valence-corrected chi connectivity index (χ3v) is 5.88. The molecule has 1 unspecified atom stereocenters. The molecule has 3 fully saturated rings. The summed E-state index contributed by atoms with van der Waals surface area (Å²) in [7, 11) is 0. The largest absolute Gasteiger partial charge is 0.391 e. The average molecular weight is 407 g/mol. The zero-order valence-electron chi connectivity index (χ0n) is 16.9. The Morgan fingerprint density at radius 1 is 0.655 bits per heavy atom. The van der Waals surface area contributed by atoms with Crippen molar-refractivity contribution in [3.8, 4) is 0 Å². The van der Waals surface area contributed by atoms with E-state index >= 15 is 0 Å². The highest BCUT2D eigenvalue weighted by molar-refractivity contribution is 5.48. The first-order valence-electron chi connectivity index (χ1n) is 10.6. The molecule has 29 heavy (non-hydrogen) atoms. The fraction of sp³-hybridized carbons (Fsp3) is 0.833. The predicted molar refractivity (Wildman–Crippen MR) is 113 cm³/mol. The summed E-state index contributed by atoms with van der Waals surface area (Å²) in [5, 5.41) is 10.1. The molecule has 0 bridgehead atoms. The Labute approximate surface area is 171 Å². The minimum absolute atomic E-state index is 0.0175. The fourth-order valence-corrected chi connectivity index (χ4v) is 4.59. The Morgan fingerprint density at radius 3 is 1.48 bits per heavy atom. The molecule has 9 N–H and O–H groups in total. The molecule has 0 saturated carbocycles. The Balaban J connectivity index is 1.67. The van der Waals surface area contributed by atoms with E-state index in [1.54, 1.807) is 0 Å². The average Bonchev–Trinajstić information content (AvgIpc) is 2.66. The third kappa shape index (κ3) is 4.86. The van der Waals surface area contributed by atoms with Gasteiger partial charge < -0.3 is 42.7 Å². The van der Waals surface area contributed by atoms with E-state index in [-0.39, 0.29) is 30.3 Å². The molecule has 4 rings (SSSR count). The molecule has 1 aromatic rings. The molecule has 0 radical (unpaired) electrons. The lowest BCUT2D eigenvalue weighted by Gasteiger charge is -2.38. The van der Waals surface area contributed by atoms with Gasteiger partial charge in [0.15, 0.2) is 0 Å². The van der Waals surface area contributed by atoms with Crippen LogP contribution in [0.5, 0.6) is 0 Å². The zero-order chi connectivity index (χ0) is 20.5. The minimum atomic E-state index is -0.374. The van der Waals surface area contributed by atoms with Crippen LogP contribution in [-0.2, 0) is 0 Å². The first-order chi connectivity index (χ1) is 13.9. The van der Waals surface area contributed by atoms with Gasteiger partial charge in [0, 0.05) is 63.4 Å². The van der Waals surface area contributed by atoms with Gasteiger partial charge in [0.1, 0.15) is 0 Å². The Morgan fingerprint density at radius 2 is 1.07 bits per heavy atom. The summed E-state index contributed by atoms with van der Waals surface area (Å²) in [6, 6.07) is -0.0702. The lowest BCUT2D eigenvalue weighted by atomic mass is 10.0. The van der Waals surface area contributed by atoms with Crippen molar-refractivity contribution in [2.75, 3.05) is 54.0 Å². The second kappa shape index (κ2) is 8.52. The Hall–Kier alpha value is -1.79. The van der Waals surface area contributed by atoms with Crippen molar-refractivity contribution in [1.29, 1.82) is 0 Å². The molecular formula is C18H34N10O.